The standard InChI is InChI=1S/C12H23N3O2/c1-2-17-12(11(13)14-16)5-7-15(8-6-12)9-10-3-4-10/h10,16H,2-9H2,1H3,(H2,13,14). The highest BCUT2D eigenvalue weighted by atomic mass is 16.5. The SMILES string of the molecule is CCOC1(C(N)=NO)CCN(CC2CC2)CC1. The fourth-order valence-corrected chi connectivity index (χ4v) is 2.60. The minimum absolute atomic E-state index is 0.227. The zero-order valence-corrected chi connectivity index (χ0v) is 10.6. The lowest BCUT2D eigenvalue weighted by Crippen LogP contribution is -2.54. The van der Waals surface area contributed by atoms with Crippen molar-refractivity contribution in [3.8, 4) is 0 Å². The molecular formula is C12H23N3O2. The molecule has 0 aromatic rings. The molecule has 1 saturated heterocycles. The number of nitrogens with zero attached hydrogens (tertiary/aromatic N) is 2. The summed E-state index contributed by atoms with van der Waals surface area (Å²) >= 11 is 0. The number of likely N-dealkylation sites (tertiary alicyclic amines) is 1. The minimum Gasteiger partial charge on any atom is -0.409 e. The van der Waals surface area contributed by atoms with E-state index in [1.54, 1.807) is 0 Å². The van der Waals surface area contributed by atoms with E-state index in [-0.39, 0.29) is 5.84 Å². The van der Waals surface area contributed by atoms with Gasteiger partial charge >= 0.3 is 0 Å². The summed E-state index contributed by atoms with van der Waals surface area (Å²) in [6, 6.07) is 0. The molecule has 0 atom stereocenters. The summed E-state index contributed by atoms with van der Waals surface area (Å²) in [4.78, 5) is 2.47. The van der Waals surface area contributed by atoms with Crippen molar-refractivity contribution in [1.82, 2.24) is 4.90 Å². The predicted octanol–water partition coefficient (Wildman–Crippen LogP) is 1.01. The average Bonchev–Trinajstić information content (AvgIpc) is 3.15. The third-order valence-corrected chi connectivity index (χ3v) is 3.87. The quantitative estimate of drug-likeness (QED) is 0.326. The Labute approximate surface area is 103 Å². The number of amidine groups is 1. The second-order valence-corrected chi connectivity index (χ2v) is 5.16. The van der Waals surface area contributed by atoms with Gasteiger partial charge < -0.3 is 20.6 Å². The molecule has 1 heterocycles. The zero-order valence-electron chi connectivity index (χ0n) is 10.6. The van der Waals surface area contributed by atoms with Gasteiger partial charge in [0.15, 0.2) is 5.84 Å². The molecule has 0 spiro atoms. The van der Waals surface area contributed by atoms with Crippen LogP contribution in [-0.2, 0) is 4.74 Å². The molecule has 3 N–H and O–H groups in total. The molecule has 0 bridgehead atoms. The van der Waals surface area contributed by atoms with Crippen molar-refractivity contribution in [3.05, 3.63) is 0 Å². The van der Waals surface area contributed by atoms with Gasteiger partial charge in [-0.2, -0.15) is 0 Å². The molecule has 0 amide bonds. The van der Waals surface area contributed by atoms with E-state index in [9.17, 15) is 0 Å². The summed E-state index contributed by atoms with van der Waals surface area (Å²) in [7, 11) is 0. The van der Waals surface area contributed by atoms with Crippen molar-refractivity contribution in [2.24, 2.45) is 16.8 Å². The Hall–Kier alpha value is -0.810. The maximum atomic E-state index is 8.87. The van der Waals surface area contributed by atoms with Gasteiger partial charge in [0, 0.05) is 26.2 Å². The Morgan fingerprint density at radius 1 is 1.47 bits per heavy atom. The smallest absolute Gasteiger partial charge is 0.171 e. The molecule has 2 rings (SSSR count). The number of oxime groups is 1. The van der Waals surface area contributed by atoms with Crippen LogP contribution in [0.4, 0.5) is 0 Å². The van der Waals surface area contributed by atoms with Crippen LogP contribution in [0.25, 0.3) is 0 Å². The van der Waals surface area contributed by atoms with Crippen molar-refractivity contribution in [2.75, 3.05) is 26.2 Å². The lowest BCUT2D eigenvalue weighted by Gasteiger charge is -2.40. The Kier molecular flexibility index (Phi) is 3.89. The van der Waals surface area contributed by atoms with Gasteiger partial charge in [-0.1, -0.05) is 5.16 Å². The first-order chi connectivity index (χ1) is 8.20. The summed E-state index contributed by atoms with van der Waals surface area (Å²) < 4.78 is 5.75. The van der Waals surface area contributed by atoms with Gasteiger partial charge in [0.05, 0.1) is 0 Å². The first-order valence-corrected chi connectivity index (χ1v) is 6.54. The molecule has 5 nitrogen and oxygen atoms in total. The molecule has 2 aliphatic rings. The maximum Gasteiger partial charge on any atom is 0.171 e. The van der Waals surface area contributed by atoms with E-state index in [2.05, 4.69) is 10.1 Å². The topological polar surface area (TPSA) is 71.1 Å². The number of nitrogens with two attached hydrogens (primary N) is 1. The number of hydrogen-bond donors (Lipinski definition) is 2. The van der Waals surface area contributed by atoms with Crippen LogP contribution in [0, 0.1) is 5.92 Å². The summed E-state index contributed by atoms with van der Waals surface area (Å²) in [6.45, 7) is 5.71. The Morgan fingerprint density at radius 2 is 2.12 bits per heavy atom. The van der Waals surface area contributed by atoms with Crippen LogP contribution in [0.5, 0.6) is 0 Å². The predicted molar refractivity (Wildman–Crippen MR) is 66.2 cm³/mol. The van der Waals surface area contributed by atoms with Gasteiger partial charge in [0.2, 0.25) is 0 Å². The van der Waals surface area contributed by atoms with Crippen LogP contribution >= 0.6 is 0 Å². The van der Waals surface area contributed by atoms with Gasteiger partial charge in [-0.05, 0) is 38.5 Å². The highest BCUT2D eigenvalue weighted by Gasteiger charge is 2.40. The fraction of sp³-hybridized carbons (Fsp3) is 0.917. The third kappa shape index (κ3) is 2.90. The van der Waals surface area contributed by atoms with E-state index in [1.165, 1.54) is 19.4 Å². The number of rotatable bonds is 5. The van der Waals surface area contributed by atoms with E-state index in [4.69, 9.17) is 15.7 Å². The largest absolute Gasteiger partial charge is 0.409 e. The summed E-state index contributed by atoms with van der Waals surface area (Å²) in [5.41, 5.74) is 5.25. The van der Waals surface area contributed by atoms with Gasteiger partial charge in [0.1, 0.15) is 5.60 Å². The molecule has 0 unspecified atom stereocenters. The first kappa shape index (κ1) is 12.6. The van der Waals surface area contributed by atoms with Crippen LogP contribution in [-0.4, -0.2) is 47.8 Å². The average molecular weight is 241 g/mol. The van der Waals surface area contributed by atoms with Crippen molar-refractivity contribution < 1.29 is 9.94 Å². The summed E-state index contributed by atoms with van der Waals surface area (Å²) in [6.07, 6.45) is 4.41. The molecule has 1 aliphatic heterocycles. The van der Waals surface area contributed by atoms with E-state index >= 15 is 0 Å². The lowest BCUT2D eigenvalue weighted by atomic mass is 9.89. The van der Waals surface area contributed by atoms with Crippen molar-refractivity contribution >= 4 is 5.84 Å². The van der Waals surface area contributed by atoms with Gasteiger partial charge in [0.25, 0.3) is 0 Å². The molecule has 0 aromatic carbocycles. The molecule has 2 fully saturated rings. The number of hydrogen-bond acceptors (Lipinski definition) is 4. The van der Waals surface area contributed by atoms with Crippen molar-refractivity contribution in [2.45, 2.75) is 38.2 Å². The molecule has 17 heavy (non-hydrogen) atoms. The summed E-state index contributed by atoms with van der Waals surface area (Å²) in [5.74, 6) is 1.14. The van der Waals surface area contributed by atoms with E-state index < -0.39 is 5.60 Å². The van der Waals surface area contributed by atoms with E-state index in [1.807, 2.05) is 6.92 Å². The van der Waals surface area contributed by atoms with Gasteiger partial charge in [-0.3, -0.25) is 0 Å². The zero-order chi connectivity index (χ0) is 12.3. The van der Waals surface area contributed by atoms with Crippen LogP contribution in [0.15, 0.2) is 5.16 Å². The molecule has 1 aliphatic carbocycles. The van der Waals surface area contributed by atoms with Crippen LogP contribution < -0.4 is 5.73 Å². The highest BCUT2D eigenvalue weighted by molar-refractivity contribution is 5.88. The van der Waals surface area contributed by atoms with Crippen molar-refractivity contribution in [1.29, 1.82) is 0 Å². The third-order valence-electron chi connectivity index (χ3n) is 3.87. The highest BCUT2D eigenvalue weighted by Crippen LogP contribution is 2.33. The normalized spacial score (nSPS) is 26.1. The van der Waals surface area contributed by atoms with Crippen LogP contribution in [0.3, 0.4) is 0 Å². The van der Waals surface area contributed by atoms with Crippen LogP contribution in [0.1, 0.15) is 32.6 Å². The van der Waals surface area contributed by atoms with Gasteiger partial charge in [-0.25, -0.2) is 0 Å². The Morgan fingerprint density at radius 3 is 2.59 bits per heavy atom. The van der Waals surface area contributed by atoms with E-state index in [0.717, 1.165) is 31.8 Å². The van der Waals surface area contributed by atoms with E-state index in [0.29, 0.717) is 6.61 Å². The first-order valence-electron chi connectivity index (χ1n) is 6.54. The van der Waals surface area contributed by atoms with Crippen molar-refractivity contribution in [3.63, 3.8) is 0 Å². The Balaban J connectivity index is 1.91. The van der Waals surface area contributed by atoms with Gasteiger partial charge in [-0.15, -0.1) is 0 Å². The second-order valence-electron chi connectivity index (χ2n) is 5.16. The molecule has 0 aromatic heterocycles. The second kappa shape index (κ2) is 5.23. The minimum atomic E-state index is -0.538. The maximum absolute atomic E-state index is 8.87. The molecular weight excluding hydrogens is 218 g/mol. The monoisotopic (exact) mass is 241 g/mol. The molecule has 5 heteroatoms. The fourth-order valence-electron chi connectivity index (χ4n) is 2.60. The van der Waals surface area contributed by atoms with Crippen LogP contribution in [0.2, 0.25) is 0 Å². The molecule has 0 radical (unpaired) electrons. The molecule has 1 saturated carbocycles. The lowest BCUT2D eigenvalue weighted by molar-refractivity contribution is -0.0326. The number of piperidine rings is 1. The number of ether oxygens (including phenoxy) is 1. The molecule has 98 valence electrons. The summed E-state index contributed by atoms with van der Waals surface area (Å²) in [5, 5.41) is 12.0. The Bertz CT molecular complexity index is 281.